The Labute approximate surface area is 187 Å². The normalized spacial score (nSPS) is 12.5. The zero-order valence-electron chi connectivity index (χ0n) is 18.8. The number of aliphatic hydroxyl groups is 2. The standard InChI is InChI=1S/C23H31N3O4S/c1-6-7-26(5)11-20-14(2)10-19(31-20)23-24-22(25-30-23)17-8-15(3)21(16(4)9-17)29-13-18(28)12-27/h8-10,18,27-28H,6-7,11-13H2,1-5H3/t18-/m1/s1. The van der Waals surface area contributed by atoms with Crippen LogP contribution in [-0.2, 0) is 6.54 Å². The van der Waals surface area contributed by atoms with Gasteiger partial charge in [-0.05, 0) is 75.7 Å². The van der Waals surface area contributed by atoms with E-state index in [1.54, 1.807) is 11.3 Å². The van der Waals surface area contributed by atoms with Crippen LogP contribution in [0.25, 0.3) is 22.2 Å². The van der Waals surface area contributed by atoms with E-state index >= 15 is 0 Å². The zero-order chi connectivity index (χ0) is 22.5. The Balaban J connectivity index is 1.79. The molecule has 3 rings (SSSR count). The van der Waals surface area contributed by atoms with Crippen molar-refractivity contribution in [2.75, 3.05) is 26.8 Å². The number of aliphatic hydroxyl groups excluding tert-OH is 2. The van der Waals surface area contributed by atoms with Crippen LogP contribution in [-0.4, -0.2) is 58.2 Å². The van der Waals surface area contributed by atoms with Crippen molar-refractivity contribution in [1.29, 1.82) is 0 Å². The van der Waals surface area contributed by atoms with Crippen LogP contribution in [0.3, 0.4) is 0 Å². The first-order valence-corrected chi connectivity index (χ1v) is 11.3. The number of nitrogens with zero attached hydrogens (tertiary/aromatic N) is 3. The van der Waals surface area contributed by atoms with Crippen LogP contribution in [0.4, 0.5) is 0 Å². The average molecular weight is 446 g/mol. The molecule has 0 aliphatic rings. The summed E-state index contributed by atoms with van der Waals surface area (Å²) in [6, 6.07) is 5.98. The Morgan fingerprint density at radius 1 is 1.16 bits per heavy atom. The molecule has 8 heteroatoms. The number of aryl methyl sites for hydroxylation is 3. The highest BCUT2D eigenvalue weighted by molar-refractivity contribution is 7.15. The van der Waals surface area contributed by atoms with Gasteiger partial charge in [0.2, 0.25) is 5.82 Å². The molecular formula is C23H31N3O4S. The molecule has 1 atom stereocenters. The largest absolute Gasteiger partial charge is 0.490 e. The van der Waals surface area contributed by atoms with Gasteiger partial charge in [-0.25, -0.2) is 0 Å². The summed E-state index contributed by atoms with van der Waals surface area (Å²) in [5.41, 5.74) is 3.89. The molecule has 31 heavy (non-hydrogen) atoms. The van der Waals surface area contributed by atoms with Gasteiger partial charge in [0.25, 0.3) is 5.89 Å². The highest BCUT2D eigenvalue weighted by Gasteiger charge is 2.17. The van der Waals surface area contributed by atoms with Gasteiger partial charge in [0, 0.05) is 17.0 Å². The maximum absolute atomic E-state index is 9.53. The summed E-state index contributed by atoms with van der Waals surface area (Å²) in [6.07, 6.45) is 0.227. The Morgan fingerprint density at radius 3 is 2.52 bits per heavy atom. The molecule has 0 fully saturated rings. The molecule has 2 aromatic heterocycles. The predicted octanol–water partition coefficient (Wildman–Crippen LogP) is 3.96. The monoisotopic (exact) mass is 445 g/mol. The van der Waals surface area contributed by atoms with Gasteiger partial charge in [-0.3, -0.25) is 0 Å². The molecule has 0 saturated heterocycles. The number of aromatic nitrogens is 2. The van der Waals surface area contributed by atoms with Gasteiger partial charge in [-0.1, -0.05) is 12.1 Å². The average Bonchev–Trinajstić information content (AvgIpc) is 3.34. The fourth-order valence-corrected chi connectivity index (χ4v) is 4.64. The van der Waals surface area contributed by atoms with Crippen LogP contribution in [0, 0.1) is 20.8 Å². The quantitative estimate of drug-likeness (QED) is 0.488. The highest BCUT2D eigenvalue weighted by Crippen LogP contribution is 2.34. The minimum atomic E-state index is -0.904. The van der Waals surface area contributed by atoms with Crippen LogP contribution in [0.5, 0.6) is 5.75 Å². The van der Waals surface area contributed by atoms with Crippen molar-refractivity contribution in [3.63, 3.8) is 0 Å². The van der Waals surface area contributed by atoms with E-state index in [0.717, 1.165) is 41.1 Å². The van der Waals surface area contributed by atoms with E-state index in [1.807, 2.05) is 26.0 Å². The number of ether oxygens (including phenoxy) is 1. The summed E-state index contributed by atoms with van der Waals surface area (Å²) in [5.74, 6) is 1.74. The minimum absolute atomic E-state index is 0.0391. The second-order valence-corrected chi connectivity index (χ2v) is 9.10. The number of rotatable bonds is 10. The molecule has 0 saturated carbocycles. The lowest BCUT2D eigenvalue weighted by Gasteiger charge is -2.15. The lowest BCUT2D eigenvalue weighted by molar-refractivity contribution is 0.0532. The lowest BCUT2D eigenvalue weighted by Crippen LogP contribution is -2.21. The molecular weight excluding hydrogens is 414 g/mol. The Kier molecular flexibility index (Phi) is 7.83. The van der Waals surface area contributed by atoms with Crippen LogP contribution in [0.1, 0.15) is 34.9 Å². The Hall–Kier alpha value is -2.26. The van der Waals surface area contributed by atoms with Crippen molar-refractivity contribution >= 4 is 11.3 Å². The van der Waals surface area contributed by atoms with Crippen molar-refractivity contribution < 1.29 is 19.5 Å². The molecule has 0 radical (unpaired) electrons. The van der Waals surface area contributed by atoms with Crippen molar-refractivity contribution in [3.8, 4) is 27.9 Å². The number of benzene rings is 1. The van der Waals surface area contributed by atoms with Gasteiger partial charge in [0.05, 0.1) is 11.5 Å². The van der Waals surface area contributed by atoms with E-state index in [2.05, 4.69) is 42.0 Å². The maximum atomic E-state index is 9.53. The third-order valence-corrected chi connectivity index (χ3v) is 6.24. The first-order valence-electron chi connectivity index (χ1n) is 10.5. The van der Waals surface area contributed by atoms with E-state index < -0.39 is 6.10 Å². The third kappa shape index (κ3) is 5.71. The fraction of sp³-hybridized carbons (Fsp3) is 0.478. The van der Waals surface area contributed by atoms with Gasteiger partial charge >= 0.3 is 0 Å². The van der Waals surface area contributed by atoms with Gasteiger partial charge in [-0.15, -0.1) is 11.3 Å². The third-order valence-electron chi connectivity index (χ3n) is 5.03. The highest BCUT2D eigenvalue weighted by atomic mass is 32.1. The number of thiophene rings is 1. The first-order chi connectivity index (χ1) is 14.8. The second-order valence-electron chi connectivity index (χ2n) is 7.96. The van der Waals surface area contributed by atoms with Crippen LogP contribution >= 0.6 is 11.3 Å². The smallest absolute Gasteiger partial charge is 0.268 e. The summed E-state index contributed by atoms with van der Waals surface area (Å²) in [7, 11) is 2.13. The minimum Gasteiger partial charge on any atom is -0.490 e. The van der Waals surface area contributed by atoms with Crippen LogP contribution < -0.4 is 4.74 Å². The molecule has 7 nitrogen and oxygen atoms in total. The van der Waals surface area contributed by atoms with Crippen LogP contribution in [0.2, 0.25) is 0 Å². The Morgan fingerprint density at radius 2 is 1.87 bits per heavy atom. The van der Waals surface area contributed by atoms with Crippen molar-refractivity contribution in [3.05, 3.63) is 39.8 Å². The van der Waals surface area contributed by atoms with Crippen LogP contribution in [0.15, 0.2) is 22.7 Å². The summed E-state index contributed by atoms with van der Waals surface area (Å²) in [6.45, 7) is 9.85. The molecule has 0 aliphatic heterocycles. The maximum Gasteiger partial charge on any atom is 0.268 e. The molecule has 0 aliphatic carbocycles. The van der Waals surface area contributed by atoms with E-state index in [0.29, 0.717) is 17.5 Å². The topological polar surface area (TPSA) is 91.9 Å². The summed E-state index contributed by atoms with van der Waals surface area (Å²) >= 11 is 1.69. The van der Waals surface area contributed by atoms with E-state index in [4.69, 9.17) is 14.4 Å². The molecule has 1 aromatic carbocycles. The Bertz CT molecular complexity index is 991. The molecule has 3 aromatic rings. The van der Waals surface area contributed by atoms with Gasteiger partial charge in [0.15, 0.2) is 0 Å². The summed E-state index contributed by atoms with van der Waals surface area (Å²) in [4.78, 5) is 9.23. The second kappa shape index (κ2) is 10.4. The molecule has 0 unspecified atom stereocenters. The van der Waals surface area contributed by atoms with E-state index in [1.165, 1.54) is 10.4 Å². The van der Waals surface area contributed by atoms with Gasteiger partial charge in [0.1, 0.15) is 18.5 Å². The summed E-state index contributed by atoms with van der Waals surface area (Å²) < 4.78 is 11.2. The fourth-order valence-electron chi connectivity index (χ4n) is 3.47. The predicted molar refractivity (Wildman–Crippen MR) is 122 cm³/mol. The zero-order valence-corrected chi connectivity index (χ0v) is 19.6. The van der Waals surface area contributed by atoms with Crippen molar-refractivity contribution in [2.45, 2.75) is 46.8 Å². The molecule has 0 amide bonds. The van der Waals surface area contributed by atoms with Gasteiger partial charge in [-0.2, -0.15) is 4.98 Å². The van der Waals surface area contributed by atoms with Gasteiger partial charge < -0.3 is 24.4 Å². The lowest BCUT2D eigenvalue weighted by atomic mass is 10.1. The number of hydrogen-bond acceptors (Lipinski definition) is 8. The molecule has 2 N–H and O–H groups in total. The molecule has 2 heterocycles. The first kappa shape index (κ1) is 23.4. The van der Waals surface area contributed by atoms with E-state index in [9.17, 15) is 5.11 Å². The molecule has 0 bridgehead atoms. The molecule has 0 spiro atoms. The van der Waals surface area contributed by atoms with E-state index in [-0.39, 0.29) is 13.2 Å². The SMILES string of the molecule is CCCN(C)Cc1sc(-c2nc(-c3cc(C)c(OC[C@H](O)CO)c(C)c3)no2)cc1C. The van der Waals surface area contributed by atoms with Crippen molar-refractivity contribution in [2.24, 2.45) is 0 Å². The summed E-state index contributed by atoms with van der Waals surface area (Å²) in [5, 5.41) is 22.7. The van der Waals surface area contributed by atoms with Crippen molar-refractivity contribution in [1.82, 2.24) is 15.0 Å². The molecule has 168 valence electrons. The number of hydrogen-bond donors (Lipinski definition) is 2.